The smallest absolute Gasteiger partial charge is 0.0642 e. The average molecular weight is 177 g/mol. The zero-order valence-corrected chi connectivity index (χ0v) is 7.57. The zero-order chi connectivity index (χ0) is 9.10. The molecule has 2 heterocycles. The Kier molecular flexibility index (Phi) is 2.45. The summed E-state index contributed by atoms with van der Waals surface area (Å²) in [7, 11) is 0. The van der Waals surface area contributed by atoms with Crippen molar-refractivity contribution in [3.05, 3.63) is 30.9 Å². The molecule has 0 aliphatic carbocycles. The summed E-state index contributed by atoms with van der Waals surface area (Å²) in [4.78, 5) is 6.30. The van der Waals surface area contributed by atoms with E-state index in [-0.39, 0.29) is 0 Å². The molecule has 13 heavy (non-hydrogen) atoms. The lowest BCUT2D eigenvalue weighted by molar-refractivity contribution is 0.122. The second-order valence-electron chi connectivity index (χ2n) is 3.10. The van der Waals surface area contributed by atoms with Gasteiger partial charge in [0, 0.05) is 31.2 Å². The van der Waals surface area contributed by atoms with Crippen LogP contribution in [0, 0.1) is 6.92 Å². The van der Waals surface area contributed by atoms with Gasteiger partial charge < -0.3 is 9.64 Å². The number of anilines is 1. The lowest BCUT2D eigenvalue weighted by atomic mass is 10.2. The van der Waals surface area contributed by atoms with Crippen molar-refractivity contribution >= 4 is 5.69 Å². The Morgan fingerprint density at radius 3 is 2.85 bits per heavy atom. The number of rotatable bonds is 1. The first-order valence-electron chi connectivity index (χ1n) is 4.46. The molecular formula is C10H13N2O. The number of nitrogens with zero attached hydrogens (tertiary/aromatic N) is 2. The summed E-state index contributed by atoms with van der Waals surface area (Å²) < 4.78 is 5.28. The van der Waals surface area contributed by atoms with E-state index < -0.39 is 0 Å². The van der Waals surface area contributed by atoms with Gasteiger partial charge in [0.05, 0.1) is 13.2 Å². The van der Waals surface area contributed by atoms with Gasteiger partial charge in [-0.3, -0.25) is 4.98 Å². The molecule has 1 aliphatic heterocycles. The number of aromatic nitrogens is 1. The van der Waals surface area contributed by atoms with Gasteiger partial charge in [0.15, 0.2) is 0 Å². The molecular weight excluding hydrogens is 164 g/mol. The fourth-order valence-electron chi connectivity index (χ4n) is 1.53. The van der Waals surface area contributed by atoms with E-state index in [2.05, 4.69) is 16.8 Å². The van der Waals surface area contributed by atoms with E-state index in [1.165, 1.54) is 5.69 Å². The molecule has 3 nitrogen and oxygen atoms in total. The maximum absolute atomic E-state index is 5.28. The average Bonchev–Trinajstić information content (AvgIpc) is 2.20. The monoisotopic (exact) mass is 177 g/mol. The predicted molar refractivity (Wildman–Crippen MR) is 51.7 cm³/mol. The first-order valence-corrected chi connectivity index (χ1v) is 4.46. The standard InChI is InChI=1S/C10H13N2O/c1-9-8-11-3-2-10(9)12-4-6-13-7-5-12/h2-3,8H,1,4-7H2. The van der Waals surface area contributed by atoms with Gasteiger partial charge in [-0.05, 0) is 18.6 Å². The van der Waals surface area contributed by atoms with Crippen LogP contribution < -0.4 is 4.90 Å². The Balaban J connectivity index is 2.18. The molecule has 0 spiro atoms. The summed E-state index contributed by atoms with van der Waals surface area (Å²) in [5, 5.41) is 0. The Labute approximate surface area is 78.3 Å². The topological polar surface area (TPSA) is 25.4 Å². The van der Waals surface area contributed by atoms with Gasteiger partial charge in [-0.15, -0.1) is 0 Å². The minimum absolute atomic E-state index is 0.807. The van der Waals surface area contributed by atoms with Crippen LogP contribution >= 0.6 is 0 Å². The summed E-state index contributed by atoms with van der Waals surface area (Å²) in [6.45, 7) is 7.47. The van der Waals surface area contributed by atoms with Crippen molar-refractivity contribution in [1.82, 2.24) is 4.98 Å². The van der Waals surface area contributed by atoms with Crippen LogP contribution in [0.1, 0.15) is 5.56 Å². The molecule has 0 atom stereocenters. The predicted octanol–water partition coefficient (Wildman–Crippen LogP) is 1.10. The number of hydrogen-bond donors (Lipinski definition) is 0. The van der Waals surface area contributed by atoms with Gasteiger partial charge in [0.2, 0.25) is 0 Å². The van der Waals surface area contributed by atoms with Crippen molar-refractivity contribution in [1.29, 1.82) is 0 Å². The van der Waals surface area contributed by atoms with Crippen LogP contribution in [0.25, 0.3) is 0 Å². The number of hydrogen-bond acceptors (Lipinski definition) is 3. The highest BCUT2D eigenvalue weighted by molar-refractivity contribution is 5.53. The second-order valence-corrected chi connectivity index (χ2v) is 3.10. The van der Waals surface area contributed by atoms with Gasteiger partial charge >= 0.3 is 0 Å². The van der Waals surface area contributed by atoms with E-state index in [0.717, 1.165) is 31.9 Å². The van der Waals surface area contributed by atoms with E-state index in [1.807, 2.05) is 6.07 Å². The SMILES string of the molecule is [CH2]c1cnccc1N1CCOCC1. The Hall–Kier alpha value is -1.09. The normalized spacial score (nSPS) is 17.5. The minimum atomic E-state index is 0.807. The maximum atomic E-state index is 5.28. The molecule has 0 amide bonds. The molecule has 0 saturated carbocycles. The van der Waals surface area contributed by atoms with E-state index in [1.54, 1.807) is 12.4 Å². The molecule has 0 unspecified atom stereocenters. The molecule has 0 aromatic carbocycles. The minimum Gasteiger partial charge on any atom is -0.378 e. The van der Waals surface area contributed by atoms with Crippen LogP contribution in [0.5, 0.6) is 0 Å². The Bertz CT molecular complexity index is 282. The Morgan fingerprint density at radius 2 is 2.15 bits per heavy atom. The van der Waals surface area contributed by atoms with Gasteiger partial charge in [0.25, 0.3) is 0 Å². The molecule has 2 rings (SSSR count). The van der Waals surface area contributed by atoms with Gasteiger partial charge in [0.1, 0.15) is 0 Å². The first kappa shape index (κ1) is 8.51. The number of ether oxygens (including phenoxy) is 1. The van der Waals surface area contributed by atoms with Crippen molar-refractivity contribution in [3.8, 4) is 0 Å². The quantitative estimate of drug-likeness (QED) is 0.642. The van der Waals surface area contributed by atoms with Gasteiger partial charge in [-0.2, -0.15) is 0 Å². The number of morpholine rings is 1. The molecule has 1 saturated heterocycles. The molecule has 0 bridgehead atoms. The maximum Gasteiger partial charge on any atom is 0.0642 e. The van der Waals surface area contributed by atoms with E-state index >= 15 is 0 Å². The first-order chi connectivity index (χ1) is 6.38. The van der Waals surface area contributed by atoms with E-state index in [4.69, 9.17) is 4.74 Å². The summed E-state index contributed by atoms with van der Waals surface area (Å²) in [5.41, 5.74) is 2.17. The van der Waals surface area contributed by atoms with Crippen LogP contribution in [0.2, 0.25) is 0 Å². The molecule has 1 fully saturated rings. The lowest BCUT2D eigenvalue weighted by Gasteiger charge is -2.29. The fourth-order valence-corrected chi connectivity index (χ4v) is 1.53. The van der Waals surface area contributed by atoms with Crippen molar-refractivity contribution in [2.75, 3.05) is 31.2 Å². The largest absolute Gasteiger partial charge is 0.378 e. The number of pyridine rings is 1. The highest BCUT2D eigenvalue weighted by Gasteiger charge is 2.12. The van der Waals surface area contributed by atoms with Crippen molar-refractivity contribution in [2.45, 2.75) is 0 Å². The highest BCUT2D eigenvalue weighted by Crippen LogP contribution is 2.18. The molecule has 0 N–H and O–H groups in total. The van der Waals surface area contributed by atoms with Crippen LogP contribution in [0.3, 0.4) is 0 Å². The molecule has 1 aromatic heterocycles. The van der Waals surface area contributed by atoms with E-state index in [9.17, 15) is 0 Å². The van der Waals surface area contributed by atoms with Gasteiger partial charge in [-0.1, -0.05) is 0 Å². The second kappa shape index (κ2) is 3.75. The van der Waals surface area contributed by atoms with Crippen LogP contribution in [-0.2, 0) is 4.74 Å². The molecule has 1 aromatic rings. The highest BCUT2D eigenvalue weighted by atomic mass is 16.5. The van der Waals surface area contributed by atoms with Crippen LogP contribution in [0.15, 0.2) is 18.5 Å². The van der Waals surface area contributed by atoms with Crippen LogP contribution in [0.4, 0.5) is 5.69 Å². The molecule has 69 valence electrons. The molecule has 1 radical (unpaired) electrons. The zero-order valence-electron chi connectivity index (χ0n) is 7.57. The summed E-state index contributed by atoms with van der Waals surface area (Å²) in [6, 6.07) is 2.01. The third kappa shape index (κ3) is 1.80. The van der Waals surface area contributed by atoms with Gasteiger partial charge in [-0.25, -0.2) is 0 Å². The van der Waals surface area contributed by atoms with Crippen molar-refractivity contribution < 1.29 is 4.74 Å². The lowest BCUT2D eigenvalue weighted by Crippen LogP contribution is -2.36. The third-order valence-electron chi connectivity index (χ3n) is 2.23. The third-order valence-corrected chi connectivity index (χ3v) is 2.23. The summed E-state index contributed by atoms with van der Waals surface area (Å²) in [5.74, 6) is 0. The van der Waals surface area contributed by atoms with Crippen molar-refractivity contribution in [3.63, 3.8) is 0 Å². The van der Waals surface area contributed by atoms with Crippen molar-refractivity contribution in [2.24, 2.45) is 0 Å². The van der Waals surface area contributed by atoms with E-state index in [0.29, 0.717) is 0 Å². The summed E-state index contributed by atoms with van der Waals surface area (Å²) >= 11 is 0. The van der Waals surface area contributed by atoms with Crippen LogP contribution in [-0.4, -0.2) is 31.3 Å². The summed E-state index contributed by atoms with van der Waals surface area (Å²) in [6.07, 6.45) is 3.60. The molecule has 3 heteroatoms. The Morgan fingerprint density at radius 1 is 1.38 bits per heavy atom. The molecule has 1 aliphatic rings. The fraction of sp³-hybridized carbons (Fsp3) is 0.400.